The molecule has 28 heavy (non-hydrogen) atoms. The molecule has 4 rings (SSSR count). The molecule has 0 unspecified atom stereocenters. The fourth-order valence-electron chi connectivity index (χ4n) is 4.43. The summed E-state index contributed by atoms with van der Waals surface area (Å²) in [4.78, 5) is 0. The van der Waals surface area contributed by atoms with Crippen molar-refractivity contribution in [3.8, 4) is 16.9 Å². The van der Waals surface area contributed by atoms with Crippen LogP contribution in [0, 0.1) is 0 Å². The van der Waals surface area contributed by atoms with Crippen molar-refractivity contribution in [2.24, 2.45) is 0 Å². The quantitative estimate of drug-likeness (QED) is 0.393. The van der Waals surface area contributed by atoms with Gasteiger partial charge in [0.25, 0.3) is 0 Å². The molecule has 0 amide bonds. The van der Waals surface area contributed by atoms with Gasteiger partial charge >= 0.3 is 177 Å². The predicted octanol–water partition coefficient (Wildman–Crippen LogP) is -6.15. The first-order chi connectivity index (χ1) is 13.3. The zero-order valence-electron chi connectivity index (χ0n) is 17.5. The maximum absolute atomic E-state index is 6.44. The van der Waals surface area contributed by atoms with E-state index in [2.05, 4.69) is 47.1 Å². The molecule has 3 aromatic carbocycles. The van der Waals surface area contributed by atoms with Crippen LogP contribution in [0.1, 0.15) is 5.56 Å². The third-order valence-electron chi connectivity index (χ3n) is 6.46. The second-order valence-electron chi connectivity index (χ2n) is 7.70. The van der Waals surface area contributed by atoms with E-state index in [1.807, 2.05) is 18.2 Å². The Morgan fingerprint density at radius 3 is 2.07 bits per heavy atom. The second kappa shape index (κ2) is 6.88. The number of rotatable bonds is 1. The van der Waals surface area contributed by atoms with Crippen LogP contribution >= 0.6 is 11.6 Å². The molecule has 1 aliphatic rings. The summed E-state index contributed by atoms with van der Waals surface area (Å²) in [6.45, 7) is 0. The Bertz CT molecular complexity index is 1210. The van der Waals surface area contributed by atoms with E-state index in [1.54, 1.807) is 14.2 Å². The van der Waals surface area contributed by atoms with Crippen LogP contribution in [0.5, 0.6) is 5.75 Å². The number of methoxy groups -OCH3 is 1. The van der Waals surface area contributed by atoms with Gasteiger partial charge in [0.05, 0.1) is 0 Å². The zero-order chi connectivity index (χ0) is 20.3. The molecule has 1 aliphatic heterocycles. The number of benzene rings is 3. The van der Waals surface area contributed by atoms with Crippen LogP contribution < -0.4 is 37.4 Å². The van der Waals surface area contributed by atoms with Gasteiger partial charge in [-0.05, 0) is 0 Å². The van der Waals surface area contributed by atoms with Crippen molar-refractivity contribution in [1.29, 1.82) is 0 Å². The predicted molar refractivity (Wildman–Crippen MR) is 141 cm³/mol. The molecule has 130 valence electrons. The van der Waals surface area contributed by atoms with E-state index < -0.39 is 0 Å². The molecule has 0 fully saturated rings. The molecular formula is C18H18B7ClO2. The molecular weight excluding hydrogens is 359 g/mol. The fourth-order valence-corrected chi connectivity index (χ4v) is 4.60. The van der Waals surface area contributed by atoms with Gasteiger partial charge in [-0.3, -0.25) is 0 Å². The van der Waals surface area contributed by atoms with E-state index in [9.17, 15) is 0 Å². The summed E-state index contributed by atoms with van der Waals surface area (Å²) < 4.78 is 11.9. The minimum atomic E-state index is 0.700. The van der Waals surface area contributed by atoms with Gasteiger partial charge in [-0.25, -0.2) is 0 Å². The maximum atomic E-state index is 6.44. The first-order valence-electron chi connectivity index (χ1n) is 9.52. The molecule has 0 saturated heterocycles. The Morgan fingerprint density at radius 1 is 0.821 bits per heavy atom. The molecule has 10 heteroatoms. The van der Waals surface area contributed by atoms with Gasteiger partial charge in [0.1, 0.15) is 0 Å². The summed E-state index contributed by atoms with van der Waals surface area (Å²) in [6.07, 6.45) is 0. The Kier molecular flexibility index (Phi) is 4.78. The van der Waals surface area contributed by atoms with Crippen molar-refractivity contribution in [3.63, 3.8) is 0 Å². The minimum absolute atomic E-state index is 0.700. The number of hydrogen-bond donors (Lipinski definition) is 0. The zero-order valence-corrected chi connectivity index (χ0v) is 18.3. The number of hydrogen-bond acceptors (Lipinski definition) is 2. The van der Waals surface area contributed by atoms with Crippen LogP contribution in [-0.2, 0) is 4.74 Å². The third kappa shape index (κ3) is 2.63. The summed E-state index contributed by atoms with van der Waals surface area (Å²) in [5, 5.41) is 3.26. The van der Waals surface area contributed by atoms with Crippen molar-refractivity contribution < 1.29 is 9.39 Å². The molecule has 2 nitrogen and oxygen atoms in total. The fraction of sp³-hybridized carbons (Fsp3) is 0.0556. The number of halogens is 1. The molecule has 0 saturated carbocycles. The van der Waals surface area contributed by atoms with Gasteiger partial charge in [-0.2, -0.15) is 0 Å². The molecule has 0 aliphatic carbocycles. The van der Waals surface area contributed by atoms with Gasteiger partial charge in [0.2, 0.25) is 0 Å². The van der Waals surface area contributed by atoms with E-state index >= 15 is 0 Å². The van der Waals surface area contributed by atoms with Crippen LogP contribution in [0.25, 0.3) is 21.9 Å². The summed E-state index contributed by atoms with van der Waals surface area (Å²) >= 11 is 6.44. The van der Waals surface area contributed by atoms with Crippen LogP contribution in [0.4, 0.5) is 0 Å². The van der Waals surface area contributed by atoms with Gasteiger partial charge < -0.3 is 0 Å². The van der Waals surface area contributed by atoms with Crippen LogP contribution in [0.2, 0.25) is 5.02 Å². The Hall–Kier alpha value is -1.87. The van der Waals surface area contributed by atoms with E-state index in [0.29, 0.717) is 10.7 Å². The molecule has 0 radical (unpaired) electrons. The second-order valence-corrected chi connectivity index (χ2v) is 8.13. The van der Waals surface area contributed by atoms with Gasteiger partial charge in [-0.1, -0.05) is 0 Å². The van der Waals surface area contributed by atoms with E-state index in [4.69, 9.17) is 21.0 Å². The molecule has 0 bridgehead atoms. The van der Waals surface area contributed by atoms with Crippen molar-refractivity contribution >= 4 is 115 Å². The Morgan fingerprint density at radius 2 is 1.43 bits per heavy atom. The molecule has 0 aromatic heterocycles. The van der Waals surface area contributed by atoms with Crippen molar-refractivity contribution in [2.75, 3.05) is 7.11 Å². The van der Waals surface area contributed by atoms with Crippen LogP contribution in [-0.4, -0.2) is 67.0 Å². The first kappa shape index (κ1) is 19.5. The van der Waals surface area contributed by atoms with E-state index in [-0.39, 0.29) is 0 Å². The summed E-state index contributed by atoms with van der Waals surface area (Å²) in [7, 11) is 16.5. The Labute approximate surface area is 177 Å². The molecule has 0 spiro atoms. The third-order valence-corrected chi connectivity index (χ3v) is 6.70. The van der Waals surface area contributed by atoms with Crippen molar-refractivity contribution in [1.82, 2.24) is 0 Å². The average molecular weight is 377 g/mol. The number of fused-ring (bicyclic) bond motifs is 5. The first-order valence-corrected chi connectivity index (χ1v) is 9.90. The SMILES string of the molecule is Bc1c(B)c(B)c2c3c(c(B)c(B)c2c1B)OB=C(OC)c1ccc(Cl)cc1-3. The summed E-state index contributed by atoms with van der Waals surface area (Å²) in [6, 6.07) is 5.93. The van der Waals surface area contributed by atoms with Crippen molar-refractivity contribution in [3.05, 3.63) is 28.8 Å². The van der Waals surface area contributed by atoms with E-state index in [0.717, 1.165) is 27.9 Å². The average Bonchev–Trinajstić information content (AvgIpc) is 2.84. The van der Waals surface area contributed by atoms with Gasteiger partial charge in [-0.15, -0.1) is 0 Å². The summed E-state index contributed by atoms with van der Waals surface area (Å²) in [5.74, 6) is 0.881. The number of ether oxygens (including phenoxy) is 1. The van der Waals surface area contributed by atoms with Crippen LogP contribution in [0.15, 0.2) is 18.2 Å². The van der Waals surface area contributed by atoms with E-state index in [1.165, 1.54) is 38.1 Å². The van der Waals surface area contributed by atoms with Crippen LogP contribution in [0.3, 0.4) is 0 Å². The van der Waals surface area contributed by atoms with Crippen molar-refractivity contribution in [2.45, 2.75) is 0 Å². The topological polar surface area (TPSA) is 18.5 Å². The molecule has 3 aromatic rings. The van der Waals surface area contributed by atoms with Gasteiger partial charge in [0.15, 0.2) is 0 Å². The normalized spacial score (nSPS) is 12.3. The molecule has 0 atom stereocenters. The monoisotopic (exact) mass is 378 g/mol. The summed E-state index contributed by atoms with van der Waals surface area (Å²) in [5.41, 5.74) is 11.5. The molecule has 1 heterocycles. The Balaban J connectivity index is 2.32. The van der Waals surface area contributed by atoms with Gasteiger partial charge in [0, 0.05) is 0 Å². The molecule has 0 N–H and O–H groups in total. The standard InChI is InChI=1S/C18H18B7ClO2/c1-27-18-6-3-2-5(26)4-7(6)8-9-10(12(20)15(23)14(22)11(9)19)13(21)16(24)17(8)28-25-18/h2-4H,19-24H2,1H3.